The minimum atomic E-state index is -2.76. The average Bonchev–Trinajstić information content (AvgIpc) is 3.40. The highest BCUT2D eigenvalue weighted by atomic mass is 19.3. The van der Waals surface area contributed by atoms with Gasteiger partial charge >= 0.3 is 0 Å². The van der Waals surface area contributed by atoms with Gasteiger partial charge in [0.2, 0.25) is 11.8 Å². The average molecular weight is 492 g/mol. The van der Waals surface area contributed by atoms with Crippen LogP contribution in [-0.2, 0) is 9.59 Å². The molecule has 1 saturated carbocycles. The first-order valence-electron chi connectivity index (χ1n) is 11.8. The fourth-order valence-electron chi connectivity index (χ4n) is 4.42. The molecule has 2 amide bonds. The van der Waals surface area contributed by atoms with Gasteiger partial charge in [-0.15, -0.1) is 5.10 Å². The Morgan fingerprint density at radius 3 is 2.60 bits per heavy atom. The fourth-order valence-corrected chi connectivity index (χ4v) is 4.42. The van der Waals surface area contributed by atoms with Crippen molar-refractivity contribution >= 4 is 11.8 Å². The number of nitrogens with zero attached hydrogens (tertiary/aromatic N) is 6. The molecule has 0 spiro atoms. The van der Waals surface area contributed by atoms with Gasteiger partial charge in [0.25, 0.3) is 6.43 Å². The summed E-state index contributed by atoms with van der Waals surface area (Å²) in [4.78, 5) is 36.1. The number of hydrogen-bond acceptors (Lipinski definition) is 7. The number of likely N-dealkylation sites (tertiary alicyclic amines) is 1. The second kappa shape index (κ2) is 9.56. The maximum Gasteiger partial charge on any atom is 0.280 e. The van der Waals surface area contributed by atoms with Crippen molar-refractivity contribution in [3.05, 3.63) is 35.7 Å². The van der Waals surface area contributed by atoms with Gasteiger partial charge in [-0.3, -0.25) is 9.59 Å². The molecule has 2 aromatic heterocycles. The largest absolute Gasteiger partial charge is 0.391 e. The lowest BCUT2D eigenvalue weighted by molar-refractivity contribution is -0.144. The number of carbonyl (C=O) groups excluding carboxylic acids is 2. The van der Waals surface area contributed by atoms with Crippen LogP contribution in [0.4, 0.5) is 8.78 Å². The van der Waals surface area contributed by atoms with Crippen LogP contribution in [0.15, 0.2) is 18.5 Å². The lowest BCUT2D eigenvalue weighted by Crippen LogP contribution is -2.50. The van der Waals surface area contributed by atoms with Gasteiger partial charge in [-0.2, -0.15) is 0 Å². The van der Waals surface area contributed by atoms with Gasteiger partial charge in [0, 0.05) is 31.3 Å². The number of aliphatic hydroxyl groups is 1. The van der Waals surface area contributed by atoms with Crippen LogP contribution in [0.5, 0.6) is 0 Å². The van der Waals surface area contributed by atoms with Gasteiger partial charge in [-0.1, -0.05) is 26.0 Å². The minimum Gasteiger partial charge on any atom is -0.391 e. The van der Waals surface area contributed by atoms with Crippen LogP contribution in [0.1, 0.15) is 88.6 Å². The lowest BCUT2D eigenvalue weighted by Gasteiger charge is -2.34. The molecular formula is C23H31F2N7O3. The third kappa shape index (κ3) is 5.47. The normalized spacial score (nSPS) is 22.3. The van der Waals surface area contributed by atoms with E-state index in [0.29, 0.717) is 5.92 Å². The Balaban J connectivity index is 1.53. The zero-order valence-corrected chi connectivity index (χ0v) is 20.2. The van der Waals surface area contributed by atoms with E-state index >= 15 is 0 Å². The number of β-amino-alcohol motifs (C(OH)–C–C–N with tert-alkyl or cyclic N) is 1. The van der Waals surface area contributed by atoms with Crippen LogP contribution in [0.25, 0.3) is 0 Å². The van der Waals surface area contributed by atoms with Crippen LogP contribution in [0.3, 0.4) is 0 Å². The summed E-state index contributed by atoms with van der Waals surface area (Å²) < 4.78 is 27.6. The number of hydrogen-bond donors (Lipinski definition) is 2. The fraction of sp³-hybridized carbons (Fsp3) is 0.652. The molecule has 2 aliphatic rings. The Morgan fingerprint density at radius 2 is 1.97 bits per heavy atom. The second-order valence-electron chi connectivity index (χ2n) is 10.4. The summed E-state index contributed by atoms with van der Waals surface area (Å²) in [6.07, 6.45) is 1.53. The molecule has 0 bridgehead atoms. The molecule has 10 nitrogen and oxygen atoms in total. The Bertz CT molecular complexity index is 1080. The Morgan fingerprint density at radius 1 is 1.26 bits per heavy atom. The van der Waals surface area contributed by atoms with E-state index in [9.17, 15) is 23.5 Å². The summed E-state index contributed by atoms with van der Waals surface area (Å²) in [5.74, 6) is -0.447. The summed E-state index contributed by atoms with van der Waals surface area (Å²) in [5, 5.41) is 21.5. The standard InChI is InChI=1S/C23H31F2N7O3/c1-12(20-26-8-7-15(28-20)19(24)25)27-21(34)17-9-14(33)10-31(17)22(35)18(23(2,3)4)32-11-16(29-30-32)13-5-6-13/h7-8,11-14,17-19,33H,5-6,9-10H2,1-4H3,(H,27,34)/t12?,14?,17?,18-/m1/s1. The first kappa shape index (κ1) is 25.1. The van der Waals surface area contributed by atoms with Gasteiger partial charge in [-0.05, 0) is 31.2 Å². The van der Waals surface area contributed by atoms with E-state index in [0.717, 1.165) is 24.6 Å². The summed E-state index contributed by atoms with van der Waals surface area (Å²) in [5.41, 5.74) is -0.130. The smallest absolute Gasteiger partial charge is 0.280 e. The van der Waals surface area contributed by atoms with Gasteiger partial charge < -0.3 is 15.3 Å². The van der Waals surface area contributed by atoms with Crippen LogP contribution < -0.4 is 5.32 Å². The summed E-state index contributed by atoms with van der Waals surface area (Å²) in [7, 11) is 0. The minimum absolute atomic E-state index is 0.000568. The number of nitrogens with one attached hydrogen (secondary N) is 1. The van der Waals surface area contributed by atoms with E-state index in [1.165, 1.54) is 11.1 Å². The van der Waals surface area contributed by atoms with Crippen molar-refractivity contribution in [2.24, 2.45) is 5.41 Å². The zero-order valence-electron chi connectivity index (χ0n) is 20.2. The second-order valence-corrected chi connectivity index (χ2v) is 10.4. The first-order chi connectivity index (χ1) is 16.5. The molecule has 1 saturated heterocycles. The van der Waals surface area contributed by atoms with Gasteiger partial charge in [-0.25, -0.2) is 23.4 Å². The lowest BCUT2D eigenvalue weighted by atomic mass is 9.85. The molecule has 1 aliphatic heterocycles. The SMILES string of the molecule is CC(NC(=O)C1CC(O)CN1C(=O)[C@@H](n1cc(C2CC2)nn1)C(C)(C)C)c1nccc(C(F)F)n1. The Kier molecular flexibility index (Phi) is 6.85. The molecule has 2 aromatic rings. The van der Waals surface area contributed by atoms with E-state index in [4.69, 9.17) is 0 Å². The van der Waals surface area contributed by atoms with Crippen molar-refractivity contribution < 1.29 is 23.5 Å². The highest BCUT2D eigenvalue weighted by Crippen LogP contribution is 2.40. The third-order valence-electron chi connectivity index (χ3n) is 6.37. The van der Waals surface area contributed by atoms with Gasteiger partial charge in [0.05, 0.1) is 17.8 Å². The highest BCUT2D eigenvalue weighted by molar-refractivity contribution is 5.90. The number of rotatable bonds is 7. The number of alkyl halides is 2. The van der Waals surface area contributed by atoms with Crippen molar-refractivity contribution in [3.63, 3.8) is 0 Å². The molecule has 1 aliphatic carbocycles. The quantitative estimate of drug-likeness (QED) is 0.609. The molecule has 3 unspecified atom stereocenters. The maximum absolute atomic E-state index is 13.8. The topological polar surface area (TPSA) is 126 Å². The van der Waals surface area contributed by atoms with Crippen molar-refractivity contribution in [1.82, 2.24) is 35.2 Å². The molecule has 2 fully saturated rings. The molecule has 4 rings (SSSR count). The highest BCUT2D eigenvalue weighted by Gasteiger charge is 2.45. The van der Waals surface area contributed by atoms with Gasteiger partial charge in [0.15, 0.2) is 5.82 Å². The van der Waals surface area contributed by atoms with Crippen molar-refractivity contribution in [2.45, 2.75) is 83.5 Å². The predicted octanol–water partition coefficient (Wildman–Crippen LogP) is 2.31. The van der Waals surface area contributed by atoms with Crippen LogP contribution in [0, 0.1) is 5.41 Å². The number of amides is 2. The maximum atomic E-state index is 13.8. The van der Waals surface area contributed by atoms with Gasteiger partial charge in [0.1, 0.15) is 17.8 Å². The van der Waals surface area contributed by atoms with Crippen LogP contribution >= 0.6 is 0 Å². The van der Waals surface area contributed by atoms with Crippen molar-refractivity contribution in [1.29, 1.82) is 0 Å². The first-order valence-corrected chi connectivity index (χ1v) is 11.8. The van der Waals surface area contributed by atoms with E-state index in [2.05, 4.69) is 25.6 Å². The molecule has 4 atom stereocenters. The predicted molar refractivity (Wildman–Crippen MR) is 120 cm³/mol. The molecule has 0 radical (unpaired) electrons. The molecule has 2 N–H and O–H groups in total. The van der Waals surface area contributed by atoms with Crippen LogP contribution in [-0.4, -0.2) is 65.5 Å². The van der Waals surface area contributed by atoms with E-state index < -0.39 is 47.7 Å². The summed E-state index contributed by atoms with van der Waals surface area (Å²) in [6, 6.07) is -1.33. The number of aliphatic hydroxyl groups excluding tert-OH is 1. The number of halogens is 2. The Hall–Kier alpha value is -3.02. The van der Waals surface area contributed by atoms with Crippen molar-refractivity contribution in [2.75, 3.05) is 6.54 Å². The molecule has 35 heavy (non-hydrogen) atoms. The number of aromatic nitrogens is 5. The van der Waals surface area contributed by atoms with E-state index in [-0.39, 0.29) is 24.7 Å². The monoisotopic (exact) mass is 491 g/mol. The van der Waals surface area contributed by atoms with E-state index in [1.807, 2.05) is 20.8 Å². The zero-order chi connectivity index (χ0) is 25.5. The molecular weight excluding hydrogens is 460 g/mol. The molecule has 190 valence electrons. The molecule has 0 aromatic carbocycles. The van der Waals surface area contributed by atoms with Crippen molar-refractivity contribution in [3.8, 4) is 0 Å². The summed E-state index contributed by atoms with van der Waals surface area (Å²) in [6.45, 7) is 7.30. The van der Waals surface area contributed by atoms with E-state index in [1.54, 1.807) is 17.8 Å². The Labute approximate surface area is 202 Å². The number of carbonyl (C=O) groups is 2. The molecule has 12 heteroatoms. The third-order valence-corrected chi connectivity index (χ3v) is 6.37. The van der Waals surface area contributed by atoms with Crippen LogP contribution in [0.2, 0.25) is 0 Å². The summed E-state index contributed by atoms with van der Waals surface area (Å²) >= 11 is 0. The molecule has 3 heterocycles.